The molecule has 1 aromatic carbocycles. The van der Waals surface area contributed by atoms with Crippen molar-refractivity contribution in [2.75, 3.05) is 5.75 Å². The second kappa shape index (κ2) is 6.59. The maximum atomic E-state index is 10.6. The van der Waals surface area contributed by atoms with Crippen molar-refractivity contribution in [3.63, 3.8) is 0 Å². The third kappa shape index (κ3) is 3.38. The molecule has 1 N–H and O–H groups in total. The highest BCUT2D eigenvalue weighted by Gasteiger charge is 2.30. The van der Waals surface area contributed by atoms with Crippen LogP contribution >= 0.6 is 23.5 Å². The number of pyridine rings is 1. The van der Waals surface area contributed by atoms with Gasteiger partial charge in [-0.2, -0.15) is 23.5 Å². The van der Waals surface area contributed by atoms with E-state index in [9.17, 15) is 5.11 Å². The maximum absolute atomic E-state index is 10.6. The number of aliphatic hydroxyl groups is 1. The van der Waals surface area contributed by atoms with Crippen molar-refractivity contribution in [3.8, 4) is 0 Å². The van der Waals surface area contributed by atoms with E-state index in [4.69, 9.17) is 0 Å². The molecule has 2 heterocycles. The Morgan fingerprint density at radius 1 is 1.24 bits per heavy atom. The molecule has 112 valence electrons. The third-order valence-electron chi connectivity index (χ3n) is 4.17. The van der Waals surface area contributed by atoms with Gasteiger partial charge in [0.15, 0.2) is 0 Å². The topological polar surface area (TPSA) is 33.1 Å². The Morgan fingerprint density at radius 2 is 2.05 bits per heavy atom. The summed E-state index contributed by atoms with van der Waals surface area (Å²) < 4.78 is 0. The van der Waals surface area contributed by atoms with Crippen LogP contribution < -0.4 is 0 Å². The minimum absolute atomic E-state index is 0.289. The number of nitrogens with zero attached hydrogens (tertiary/aromatic N) is 1. The van der Waals surface area contributed by atoms with Gasteiger partial charge in [-0.05, 0) is 17.7 Å². The Bertz CT molecular complexity index is 613. The average Bonchev–Trinajstić information content (AvgIpc) is 2.50. The summed E-state index contributed by atoms with van der Waals surface area (Å²) in [5.74, 6) is 1.04. The lowest BCUT2D eigenvalue weighted by atomic mass is 10.0. The zero-order chi connectivity index (χ0) is 14.8. The summed E-state index contributed by atoms with van der Waals surface area (Å²) in [6.07, 6.45) is 2.27. The van der Waals surface area contributed by atoms with E-state index in [-0.39, 0.29) is 6.10 Å². The van der Waals surface area contributed by atoms with Gasteiger partial charge in [0.05, 0.1) is 11.6 Å². The standard InChI is InChI=1S/C17H21NOS2/c1-11-12(2)21-17(10-20-11)16(19)9-13-7-8-18-15-6-4-3-5-14(13)15/h3-8,11-12,16-17,19H,9-10H2,1-2H3. The molecule has 4 unspecified atom stereocenters. The predicted octanol–water partition coefficient (Wildman–Crippen LogP) is 3.76. The average molecular weight is 319 g/mol. The molecule has 0 bridgehead atoms. The zero-order valence-corrected chi connectivity index (χ0v) is 14.0. The number of thioether (sulfide) groups is 2. The van der Waals surface area contributed by atoms with Gasteiger partial charge in [-0.15, -0.1) is 0 Å². The molecule has 0 aliphatic carbocycles. The van der Waals surface area contributed by atoms with Gasteiger partial charge >= 0.3 is 0 Å². The summed E-state index contributed by atoms with van der Waals surface area (Å²) in [6.45, 7) is 4.55. The Kier molecular flexibility index (Phi) is 4.77. The zero-order valence-electron chi connectivity index (χ0n) is 12.4. The van der Waals surface area contributed by atoms with Crippen LogP contribution in [0.25, 0.3) is 10.9 Å². The number of rotatable bonds is 3. The molecule has 0 radical (unpaired) electrons. The predicted molar refractivity (Wildman–Crippen MR) is 94.2 cm³/mol. The Morgan fingerprint density at radius 3 is 2.86 bits per heavy atom. The van der Waals surface area contributed by atoms with Crippen molar-refractivity contribution in [2.45, 2.75) is 42.1 Å². The number of fused-ring (bicyclic) bond motifs is 1. The fourth-order valence-electron chi connectivity index (χ4n) is 2.70. The molecule has 1 aliphatic heterocycles. The van der Waals surface area contributed by atoms with Crippen LogP contribution in [-0.4, -0.2) is 37.7 Å². The highest BCUT2D eigenvalue weighted by Crippen LogP contribution is 2.37. The van der Waals surface area contributed by atoms with E-state index in [1.54, 1.807) is 0 Å². The first kappa shape index (κ1) is 15.2. The summed E-state index contributed by atoms with van der Waals surface area (Å²) in [4.78, 5) is 4.39. The van der Waals surface area contributed by atoms with Gasteiger partial charge in [0.2, 0.25) is 0 Å². The van der Waals surface area contributed by atoms with Crippen molar-refractivity contribution in [1.82, 2.24) is 4.98 Å². The molecule has 2 nitrogen and oxygen atoms in total. The largest absolute Gasteiger partial charge is 0.392 e. The van der Waals surface area contributed by atoms with E-state index in [1.165, 1.54) is 5.56 Å². The molecule has 4 heteroatoms. The number of para-hydroxylation sites is 1. The number of hydrogen-bond donors (Lipinski definition) is 1. The van der Waals surface area contributed by atoms with E-state index in [0.29, 0.717) is 22.2 Å². The number of aliphatic hydroxyl groups excluding tert-OH is 1. The fraction of sp³-hybridized carbons (Fsp3) is 0.471. The number of aromatic nitrogens is 1. The van der Waals surface area contributed by atoms with Crippen LogP contribution in [0.4, 0.5) is 0 Å². The molecule has 2 aromatic rings. The first-order valence-corrected chi connectivity index (χ1v) is 9.42. The van der Waals surface area contributed by atoms with Crippen LogP contribution in [0.15, 0.2) is 36.5 Å². The van der Waals surface area contributed by atoms with E-state index >= 15 is 0 Å². The van der Waals surface area contributed by atoms with Gasteiger partial charge in [0.25, 0.3) is 0 Å². The monoisotopic (exact) mass is 319 g/mol. The SMILES string of the molecule is CC1SCC(C(O)Cc2ccnc3ccccc23)SC1C. The summed E-state index contributed by atoms with van der Waals surface area (Å²) in [5.41, 5.74) is 2.21. The van der Waals surface area contributed by atoms with Crippen molar-refractivity contribution in [3.05, 3.63) is 42.1 Å². The maximum Gasteiger partial charge on any atom is 0.0707 e. The van der Waals surface area contributed by atoms with Gasteiger partial charge in [0.1, 0.15) is 0 Å². The van der Waals surface area contributed by atoms with Crippen LogP contribution in [0, 0.1) is 0 Å². The smallest absolute Gasteiger partial charge is 0.0707 e. The Hall–Kier alpha value is -0.710. The summed E-state index contributed by atoms with van der Waals surface area (Å²) >= 11 is 3.92. The molecule has 0 spiro atoms. The lowest BCUT2D eigenvalue weighted by Gasteiger charge is -2.34. The van der Waals surface area contributed by atoms with Gasteiger partial charge in [0, 0.05) is 39.5 Å². The van der Waals surface area contributed by atoms with Crippen LogP contribution in [-0.2, 0) is 6.42 Å². The van der Waals surface area contributed by atoms with Gasteiger partial charge in [-0.25, -0.2) is 0 Å². The molecule has 21 heavy (non-hydrogen) atoms. The van der Waals surface area contributed by atoms with Crippen LogP contribution in [0.2, 0.25) is 0 Å². The molecule has 1 fully saturated rings. The minimum Gasteiger partial charge on any atom is -0.392 e. The first-order valence-electron chi connectivity index (χ1n) is 7.43. The normalized spacial score (nSPS) is 27.7. The van der Waals surface area contributed by atoms with E-state index in [1.807, 2.05) is 54.0 Å². The second-order valence-corrected chi connectivity index (χ2v) is 8.71. The Balaban J connectivity index is 1.76. The van der Waals surface area contributed by atoms with Crippen molar-refractivity contribution >= 4 is 34.4 Å². The van der Waals surface area contributed by atoms with Crippen LogP contribution in [0.1, 0.15) is 19.4 Å². The van der Waals surface area contributed by atoms with Crippen LogP contribution in [0.3, 0.4) is 0 Å². The summed E-state index contributed by atoms with van der Waals surface area (Å²) in [5, 5.41) is 13.4. The number of benzene rings is 1. The number of hydrogen-bond acceptors (Lipinski definition) is 4. The van der Waals surface area contributed by atoms with Crippen molar-refractivity contribution in [1.29, 1.82) is 0 Å². The fourth-order valence-corrected chi connectivity index (χ4v) is 5.71. The molecule has 3 rings (SSSR count). The quantitative estimate of drug-likeness (QED) is 0.934. The molecule has 1 saturated heterocycles. The van der Waals surface area contributed by atoms with E-state index < -0.39 is 0 Å². The minimum atomic E-state index is -0.289. The van der Waals surface area contributed by atoms with Crippen molar-refractivity contribution in [2.24, 2.45) is 0 Å². The third-order valence-corrected chi connectivity index (χ3v) is 7.71. The summed E-state index contributed by atoms with van der Waals surface area (Å²) in [6, 6.07) is 10.2. The lowest BCUT2D eigenvalue weighted by molar-refractivity contribution is 0.177. The first-order chi connectivity index (χ1) is 10.1. The molecule has 0 saturated carbocycles. The summed E-state index contributed by atoms with van der Waals surface area (Å²) in [7, 11) is 0. The van der Waals surface area contributed by atoms with Crippen molar-refractivity contribution < 1.29 is 5.11 Å². The van der Waals surface area contributed by atoms with Gasteiger partial charge in [-0.3, -0.25) is 4.98 Å². The van der Waals surface area contributed by atoms with Crippen LogP contribution in [0.5, 0.6) is 0 Å². The molecular weight excluding hydrogens is 298 g/mol. The molecule has 1 aliphatic rings. The molecule has 1 aromatic heterocycles. The van der Waals surface area contributed by atoms with E-state index in [2.05, 4.69) is 24.9 Å². The lowest BCUT2D eigenvalue weighted by Crippen LogP contribution is -2.35. The van der Waals surface area contributed by atoms with E-state index in [0.717, 1.165) is 16.7 Å². The van der Waals surface area contributed by atoms with Gasteiger partial charge in [-0.1, -0.05) is 32.0 Å². The Labute approximate surface area is 134 Å². The molecule has 0 amide bonds. The molecule has 4 atom stereocenters. The van der Waals surface area contributed by atoms with Gasteiger partial charge < -0.3 is 5.11 Å². The molecular formula is C17H21NOS2. The second-order valence-electron chi connectivity index (χ2n) is 5.68. The highest BCUT2D eigenvalue weighted by molar-refractivity contribution is 8.07. The highest BCUT2D eigenvalue weighted by atomic mass is 32.2.